The molecule has 4 nitrogen and oxygen atoms in total. The van der Waals surface area contributed by atoms with Gasteiger partial charge in [0.05, 0.1) is 17.5 Å². The van der Waals surface area contributed by atoms with Gasteiger partial charge in [0.1, 0.15) is 5.75 Å². The molecule has 1 unspecified atom stereocenters. The highest BCUT2D eigenvalue weighted by atomic mass is 32.2. The number of benzene rings is 2. The van der Waals surface area contributed by atoms with Gasteiger partial charge in [-0.05, 0) is 67.0 Å². The molecule has 0 N–H and O–H groups in total. The van der Waals surface area contributed by atoms with Crippen LogP contribution in [0.4, 0.5) is 0 Å². The van der Waals surface area contributed by atoms with E-state index in [4.69, 9.17) is 4.74 Å². The van der Waals surface area contributed by atoms with Gasteiger partial charge in [-0.2, -0.15) is 4.31 Å². The number of hydrogen-bond donors (Lipinski definition) is 0. The van der Waals surface area contributed by atoms with Crippen molar-refractivity contribution in [1.82, 2.24) is 4.31 Å². The highest BCUT2D eigenvalue weighted by molar-refractivity contribution is 7.89. The molecule has 5 heteroatoms. The number of hydrogen-bond acceptors (Lipinski definition) is 3. The van der Waals surface area contributed by atoms with E-state index in [2.05, 4.69) is 18.2 Å². The van der Waals surface area contributed by atoms with Crippen molar-refractivity contribution in [3.05, 3.63) is 59.2 Å². The Hall–Kier alpha value is -1.85. The van der Waals surface area contributed by atoms with Crippen LogP contribution in [0.15, 0.2) is 47.4 Å². The predicted octanol–water partition coefficient (Wildman–Crippen LogP) is 3.85. The van der Waals surface area contributed by atoms with Gasteiger partial charge in [-0.3, -0.25) is 0 Å². The second-order valence-corrected chi connectivity index (χ2v) is 9.38. The number of nitrogens with zero attached hydrogens (tertiary/aromatic N) is 1. The highest BCUT2D eigenvalue weighted by Gasteiger charge is 2.44. The molecule has 1 heterocycles. The molecule has 3 aliphatic rings. The van der Waals surface area contributed by atoms with Crippen molar-refractivity contribution in [3.8, 4) is 5.75 Å². The molecular weight excluding hydrogens is 346 g/mol. The fraction of sp³-hybridized carbons (Fsp3) is 0.429. The molecule has 0 aromatic heterocycles. The molecule has 0 saturated heterocycles. The molecular formula is C21H23NO3S. The molecule has 26 heavy (non-hydrogen) atoms. The molecule has 2 aromatic rings. The molecule has 2 aliphatic carbocycles. The van der Waals surface area contributed by atoms with Crippen LogP contribution in [0.2, 0.25) is 0 Å². The van der Waals surface area contributed by atoms with Gasteiger partial charge in [0.25, 0.3) is 0 Å². The van der Waals surface area contributed by atoms with E-state index in [9.17, 15) is 8.42 Å². The summed E-state index contributed by atoms with van der Waals surface area (Å²) < 4.78 is 34.6. The molecule has 0 spiro atoms. The molecule has 0 radical (unpaired) electrons. The van der Waals surface area contributed by atoms with Gasteiger partial charge in [-0.1, -0.05) is 24.3 Å². The van der Waals surface area contributed by atoms with E-state index in [-0.39, 0.29) is 12.1 Å². The van der Waals surface area contributed by atoms with Crippen molar-refractivity contribution in [3.63, 3.8) is 0 Å². The number of rotatable bonds is 4. The molecule has 5 rings (SSSR count). The zero-order valence-corrected chi connectivity index (χ0v) is 15.5. The Morgan fingerprint density at radius 3 is 2.65 bits per heavy atom. The molecule has 2 aromatic carbocycles. The number of fused-ring (bicyclic) bond motifs is 2. The lowest BCUT2D eigenvalue weighted by Gasteiger charge is -2.35. The van der Waals surface area contributed by atoms with Crippen molar-refractivity contribution < 1.29 is 13.2 Å². The Labute approximate surface area is 154 Å². The summed E-state index contributed by atoms with van der Waals surface area (Å²) in [5, 5.41) is 0. The average molecular weight is 369 g/mol. The molecule has 1 fully saturated rings. The summed E-state index contributed by atoms with van der Waals surface area (Å²) in [6, 6.07) is 13.8. The second kappa shape index (κ2) is 6.10. The normalized spacial score (nSPS) is 22.0. The first-order chi connectivity index (χ1) is 12.6. The van der Waals surface area contributed by atoms with Crippen molar-refractivity contribution in [2.45, 2.75) is 55.5 Å². The monoisotopic (exact) mass is 369 g/mol. The molecule has 136 valence electrons. The van der Waals surface area contributed by atoms with Crippen LogP contribution < -0.4 is 4.74 Å². The van der Waals surface area contributed by atoms with Crippen molar-refractivity contribution >= 4 is 10.0 Å². The SMILES string of the molecule is O=S(=O)(c1ccc2c(c1)CCO2)N(C1CC1)C1CCCc2ccccc21. The minimum Gasteiger partial charge on any atom is -0.493 e. The van der Waals surface area contributed by atoms with Gasteiger partial charge in [0, 0.05) is 12.5 Å². The van der Waals surface area contributed by atoms with Crippen LogP contribution in [0.1, 0.15) is 48.4 Å². The summed E-state index contributed by atoms with van der Waals surface area (Å²) in [6.07, 6.45) is 5.70. The molecule has 1 aliphatic heterocycles. The topological polar surface area (TPSA) is 46.6 Å². The first-order valence-corrected chi connectivity index (χ1v) is 11.0. The standard InChI is InChI=1S/C21H23NO3S/c23-26(24,18-10-11-21-16(14-18)12-13-25-21)22(17-8-9-17)20-7-3-5-15-4-1-2-6-19(15)20/h1-2,4,6,10-11,14,17,20H,3,5,7-9,12-13H2. The van der Waals surface area contributed by atoms with E-state index in [1.165, 1.54) is 11.1 Å². The Balaban J connectivity index is 1.58. The van der Waals surface area contributed by atoms with Gasteiger partial charge < -0.3 is 4.74 Å². The maximum atomic E-state index is 13.6. The molecule has 0 amide bonds. The van der Waals surface area contributed by atoms with E-state index >= 15 is 0 Å². The van der Waals surface area contributed by atoms with E-state index in [1.54, 1.807) is 6.07 Å². The summed E-state index contributed by atoms with van der Waals surface area (Å²) in [6.45, 7) is 0.640. The fourth-order valence-electron chi connectivity index (χ4n) is 4.39. The highest BCUT2D eigenvalue weighted by Crippen LogP contribution is 2.44. The maximum Gasteiger partial charge on any atom is 0.243 e. The lowest BCUT2D eigenvalue weighted by atomic mass is 9.87. The van der Waals surface area contributed by atoms with Crippen LogP contribution in [-0.2, 0) is 22.9 Å². The van der Waals surface area contributed by atoms with Crippen LogP contribution in [0.3, 0.4) is 0 Å². The van der Waals surface area contributed by atoms with E-state index < -0.39 is 10.0 Å². The van der Waals surface area contributed by atoms with Gasteiger partial charge >= 0.3 is 0 Å². The smallest absolute Gasteiger partial charge is 0.243 e. The summed E-state index contributed by atoms with van der Waals surface area (Å²) >= 11 is 0. The van der Waals surface area contributed by atoms with Crippen molar-refractivity contribution in [2.75, 3.05) is 6.61 Å². The minimum atomic E-state index is -3.52. The van der Waals surface area contributed by atoms with Gasteiger partial charge in [0.2, 0.25) is 10.0 Å². The zero-order valence-electron chi connectivity index (χ0n) is 14.7. The lowest BCUT2D eigenvalue weighted by Crippen LogP contribution is -2.38. The summed E-state index contributed by atoms with van der Waals surface area (Å²) in [5.74, 6) is 0.824. The van der Waals surface area contributed by atoms with Crippen LogP contribution in [0.5, 0.6) is 5.75 Å². The Bertz CT molecular complexity index is 949. The number of sulfonamides is 1. The zero-order chi connectivity index (χ0) is 17.7. The van der Waals surface area contributed by atoms with Gasteiger partial charge in [-0.25, -0.2) is 8.42 Å². The van der Waals surface area contributed by atoms with Crippen molar-refractivity contribution in [2.24, 2.45) is 0 Å². The third kappa shape index (κ3) is 2.65. The first-order valence-electron chi connectivity index (χ1n) is 9.52. The quantitative estimate of drug-likeness (QED) is 0.822. The summed E-state index contributed by atoms with van der Waals surface area (Å²) in [4.78, 5) is 0.414. The third-order valence-electron chi connectivity index (χ3n) is 5.79. The average Bonchev–Trinajstić information content (AvgIpc) is 3.36. The minimum absolute atomic E-state index is 0.0399. The summed E-state index contributed by atoms with van der Waals surface area (Å²) in [5.41, 5.74) is 3.50. The molecule has 1 saturated carbocycles. The van der Waals surface area contributed by atoms with Gasteiger partial charge in [-0.15, -0.1) is 0 Å². The van der Waals surface area contributed by atoms with Gasteiger partial charge in [0.15, 0.2) is 0 Å². The Kier molecular flexibility index (Phi) is 3.83. The molecule has 1 atom stereocenters. The molecule has 0 bridgehead atoms. The Morgan fingerprint density at radius 2 is 1.81 bits per heavy atom. The fourth-order valence-corrected chi connectivity index (χ4v) is 6.32. The third-order valence-corrected chi connectivity index (χ3v) is 7.75. The van der Waals surface area contributed by atoms with E-state index in [0.29, 0.717) is 11.5 Å². The van der Waals surface area contributed by atoms with Crippen LogP contribution in [0, 0.1) is 0 Å². The van der Waals surface area contributed by atoms with Crippen LogP contribution in [-0.4, -0.2) is 25.4 Å². The number of ether oxygens (including phenoxy) is 1. The summed E-state index contributed by atoms with van der Waals surface area (Å²) in [7, 11) is -3.52. The van der Waals surface area contributed by atoms with Crippen LogP contribution in [0.25, 0.3) is 0 Å². The number of aryl methyl sites for hydroxylation is 1. The van der Waals surface area contributed by atoms with E-state index in [1.807, 2.05) is 22.5 Å². The maximum absolute atomic E-state index is 13.6. The van der Waals surface area contributed by atoms with E-state index in [0.717, 1.165) is 49.8 Å². The first kappa shape index (κ1) is 16.3. The predicted molar refractivity (Wildman–Crippen MR) is 99.8 cm³/mol. The Morgan fingerprint density at radius 1 is 0.962 bits per heavy atom. The lowest BCUT2D eigenvalue weighted by molar-refractivity contribution is 0.286. The largest absolute Gasteiger partial charge is 0.493 e. The van der Waals surface area contributed by atoms with Crippen molar-refractivity contribution in [1.29, 1.82) is 0 Å². The van der Waals surface area contributed by atoms with Crippen LogP contribution >= 0.6 is 0 Å². The second-order valence-electron chi connectivity index (χ2n) is 7.54.